The Morgan fingerprint density at radius 2 is 1.90 bits per heavy atom. The molecule has 0 saturated carbocycles. The topological polar surface area (TPSA) is 76.9 Å². The van der Waals surface area contributed by atoms with Gasteiger partial charge in [-0.2, -0.15) is 10.1 Å². The van der Waals surface area contributed by atoms with E-state index in [-0.39, 0.29) is 10.8 Å². The molecule has 0 aliphatic rings. The number of hydrogen-bond acceptors (Lipinski definition) is 4. The van der Waals surface area contributed by atoms with Gasteiger partial charge in [-0.05, 0) is 37.0 Å². The van der Waals surface area contributed by atoms with Gasteiger partial charge < -0.3 is 0 Å². The van der Waals surface area contributed by atoms with Gasteiger partial charge in [-0.1, -0.05) is 26.0 Å². The lowest BCUT2D eigenvalue weighted by molar-refractivity contribution is 0.600. The fraction of sp³-hybridized carbons (Fsp3) is 0.429. The van der Waals surface area contributed by atoms with Gasteiger partial charge in [-0.15, -0.1) is 0 Å². The first-order chi connectivity index (χ1) is 9.83. The van der Waals surface area contributed by atoms with Crippen LogP contribution >= 0.6 is 0 Å². The minimum absolute atomic E-state index is 0.207. The molecular weight excluding hydrogens is 288 g/mol. The van der Waals surface area contributed by atoms with E-state index in [4.69, 9.17) is 0 Å². The van der Waals surface area contributed by atoms with Crippen LogP contribution in [0.4, 0.5) is 5.95 Å². The molecule has 0 spiro atoms. The number of aromatic nitrogens is 3. The maximum absolute atomic E-state index is 12.3. The van der Waals surface area contributed by atoms with Crippen LogP contribution in [0.2, 0.25) is 0 Å². The largest absolute Gasteiger partial charge is 0.264 e. The Balaban J connectivity index is 2.25. The summed E-state index contributed by atoms with van der Waals surface area (Å²) < 4.78 is 28.5. The number of nitrogens with zero attached hydrogens (tertiary/aromatic N) is 3. The summed E-state index contributed by atoms with van der Waals surface area (Å²) in [6, 6.07) is 6.94. The smallest absolute Gasteiger partial charge is 0.247 e. The lowest BCUT2D eigenvalue weighted by Gasteiger charge is -2.10. The van der Waals surface area contributed by atoms with Crippen molar-refractivity contribution in [3.63, 3.8) is 0 Å². The van der Waals surface area contributed by atoms with Gasteiger partial charge in [0.2, 0.25) is 5.95 Å². The first-order valence-corrected chi connectivity index (χ1v) is 8.32. The zero-order valence-corrected chi connectivity index (χ0v) is 13.5. The Labute approximate surface area is 125 Å². The molecule has 0 fully saturated rings. The third-order valence-electron chi connectivity index (χ3n) is 3.47. The number of rotatable bonds is 5. The summed E-state index contributed by atoms with van der Waals surface area (Å²) in [5, 5.41) is 4.02. The van der Waals surface area contributed by atoms with Crippen LogP contribution in [0.5, 0.6) is 0 Å². The summed E-state index contributed by atoms with van der Waals surface area (Å²) in [5.41, 5.74) is 1.13. The fourth-order valence-corrected chi connectivity index (χ4v) is 3.02. The molecule has 0 amide bonds. The molecule has 0 aliphatic carbocycles. The van der Waals surface area contributed by atoms with Gasteiger partial charge in [0, 0.05) is 7.05 Å². The molecule has 0 radical (unpaired) electrons. The van der Waals surface area contributed by atoms with E-state index in [0.29, 0.717) is 11.7 Å². The number of benzene rings is 1. The van der Waals surface area contributed by atoms with Gasteiger partial charge in [0.25, 0.3) is 10.0 Å². The quantitative estimate of drug-likeness (QED) is 0.920. The maximum Gasteiger partial charge on any atom is 0.264 e. The zero-order valence-electron chi connectivity index (χ0n) is 12.7. The summed E-state index contributed by atoms with van der Waals surface area (Å²) in [7, 11) is -2.00. The molecule has 0 saturated heterocycles. The van der Waals surface area contributed by atoms with Gasteiger partial charge in [-0.3, -0.25) is 0 Å². The van der Waals surface area contributed by atoms with Crippen LogP contribution in [0.15, 0.2) is 29.2 Å². The molecular formula is C14H20N4O2S. The monoisotopic (exact) mass is 308 g/mol. The van der Waals surface area contributed by atoms with E-state index >= 15 is 0 Å². The second-order valence-corrected chi connectivity index (χ2v) is 6.77. The summed E-state index contributed by atoms with van der Waals surface area (Å²) in [6.45, 7) is 5.93. The minimum atomic E-state index is -3.65. The van der Waals surface area contributed by atoms with E-state index in [2.05, 4.69) is 28.7 Å². The zero-order chi connectivity index (χ0) is 15.6. The van der Waals surface area contributed by atoms with Crippen LogP contribution in [0, 0.1) is 6.92 Å². The van der Waals surface area contributed by atoms with Crippen molar-refractivity contribution in [1.29, 1.82) is 0 Å². The van der Waals surface area contributed by atoms with Gasteiger partial charge >= 0.3 is 0 Å². The highest BCUT2D eigenvalue weighted by Gasteiger charge is 2.17. The van der Waals surface area contributed by atoms with Gasteiger partial charge in [0.15, 0.2) is 0 Å². The lowest BCUT2D eigenvalue weighted by atomic mass is 9.99. The van der Waals surface area contributed by atoms with E-state index in [1.54, 1.807) is 26.1 Å². The highest BCUT2D eigenvalue weighted by Crippen LogP contribution is 2.21. The number of hydrogen-bond donors (Lipinski definition) is 1. The molecule has 21 heavy (non-hydrogen) atoms. The van der Waals surface area contributed by atoms with E-state index in [9.17, 15) is 8.42 Å². The average molecular weight is 308 g/mol. The van der Waals surface area contributed by atoms with Crippen molar-refractivity contribution in [3.8, 4) is 0 Å². The number of aryl methyl sites for hydroxylation is 2. The van der Waals surface area contributed by atoms with Crippen LogP contribution in [0.3, 0.4) is 0 Å². The van der Waals surface area contributed by atoms with Gasteiger partial charge in [-0.25, -0.2) is 17.8 Å². The Morgan fingerprint density at radius 1 is 1.29 bits per heavy atom. The highest BCUT2D eigenvalue weighted by molar-refractivity contribution is 7.92. The van der Waals surface area contributed by atoms with Crippen LogP contribution in [0.1, 0.15) is 37.6 Å². The number of sulfonamides is 1. The maximum atomic E-state index is 12.3. The molecule has 1 aromatic carbocycles. The first kappa shape index (κ1) is 15.5. The van der Waals surface area contributed by atoms with Crippen molar-refractivity contribution >= 4 is 16.0 Å². The first-order valence-electron chi connectivity index (χ1n) is 6.84. The van der Waals surface area contributed by atoms with Crippen molar-refractivity contribution in [2.45, 2.75) is 38.0 Å². The molecule has 1 N–H and O–H groups in total. The molecule has 1 aromatic heterocycles. The van der Waals surface area contributed by atoms with Crippen LogP contribution < -0.4 is 4.72 Å². The Bertz CT molecular complexity index is 720. The molecule has 0 aliphatic heterocycles. The van der Waals surface area contributed by atoms with Crippen molar-refractivity contribution in [2.24, 2.45) is 7.05 Å². The SMILES string of the molecule is CCC(C)c1ccc(S(=O)(=O)Nc2nc(C)nn2C)cc1. The molecule has 1 heterocycles. The number of nitrogens with one attached hydrogen (secondary N) is 1. The van der Waals surface area contributed by atoms with Crippen LogP contribution in [-0.4, -0.2) is 23.2 Å². The predicted molar refractivity (Wildman–Crippen MR) is 81.7 cm³/mol. The molecule has 1 unspecified atom stereocenters. The van der Waals surface area contributed by atoms with Crippen LogP contribution in [-0.2, 0) is 17.1 Å². The predicted octanol–water partition coefficient (Wildman–Crippen LogP) is 2.44. The lowest BCUT2D eigenvalue weighted by Crippen LogP contribution is -2.16. The molecule has 0 bridgehead atoms. The van der Waals surface area contributed by atoms with Crippen LogP contribution in [0.25, 0.3) is 0 Å². The van der Waals surface area contributed by atoms with Crippen molar-refractivity contribution in [1.82, 2.24) is 14.8 Å². The Morgan fingerprint density at radius 3 is 2.38 bits per heavy atom. The van der Waals surface area contributed by atoms with Crippen molar-refractivity contribution < 1.29 is 8.42 Å². The Kier molecular flexibility index (Phi) is 4.32. The summed E-state index contributed by atoms with van der Waals surface area (Å²) in [4.78, 5) is 4.26. The second kappa shape index (κ2) is 5.85. The second-order valence-electron chi connectivity index (χ2n) is 5.09. The normalized spacial score (nSPS) is 13.1. The molecule has 114 valence electrons. The van der Waals surface area contributed by atoms with Crippen molar-refractivity contribution in [3.05, 3.63) is 35.7 Å². The standard InChI is InChI=1S/C14H20N4O2S/c1-5-10(2)12-6-8-13(9-7-12)21(19,20)17-14-15-11(3)16-18(14)4/h6-10H,5H2,1-4H3,(H,15,16,17). The summed E-state index contributed by atoms with van der Waals surface area (Å²) in [6.07, 6.45) is 1.02. The van der Waals surface area contributed by atoms with E-state index in [1.165, 1.54) is 4.68 Å². The minimum Gasteiger partial charge on any atom is -0.247 e. The third kappa shape index (κ3) is 3.41. The molecule has 2 aromatic rings. The average Bonchev–Trinajstić information content (AvgIpc) is 2.75. The highest BCUT2D eigenvalue weighted by atomic mass is 32.2. The molecule has 2 rings (SSSR count). The molecule has 1 atom stereocenters. The summed E-state index contributed by atoms with van der Waals surface area (Å²) >= 11 is 0. The molecule has 7 heteroatoms. The van der Waals surface area contributed by atoms with Gasteiger partial charge in [0.05, 0.1) is 4.90 Å². The fourth-order valence-electron chi connectivity index (χ4n) is 1.99. The molecule has 6 nitrogen and oxygen atoms in total. The van der Waals surface area contributed by atoms with E-state index in [1.807, 2.05) is 12.1 Å². The van der Waals surface area contributed by atoms with Gasteiger partial charge in [0.1, 0.15) is 5.82 Å². The van der Waals surface area contributed by atoms with E-state index in [0.717, 1.165) is 12.0 Å². The summed E-state index contributed by atoms with van der Waals surface area (Å²) in [5.74, 6) is 1.14. The van der Waals surface area contributed by atoms with E-state index < -0.39 is 10.0 Å². The van der Waals surface area contributed by atoms with Crippen molar-refractivity contribution in [2.75, 3.05) is 4.72 Å². The Hall–Kier alpha value is -1.89. The third-order valence-corrected chi connectivity index (χ3v) is 4.81. The number of anilines is 1.